The van der Waals surface area contributed by atoms with Crippen LogP contribution in [0.5, 0.6) is 0 Å². The Hall–Kier alpha value is -1.17. The van der Waals surface area contributed by atoms with Crippen molar-refractivity contribution in [3.8, 4) is 0 Å². The molecule has 0 radical (unpaired) electrons. The summed E-state index contributed by atoms with van der Waals surface area (Å²) >= 11 is 4.95. The van der Waals surface area contributed by atoms with Crippen LogP contribution in [0.15, 0.2) is 30.3 Å². The van der Waals surface area contributed by atoms with Crippen molar-refractivity contribution in [1.82, 2.24) is 0 Å². The van der Waals surface area contributed by atoms with E-state index in [1.165, 1.54) is 5.69 Å². The van der Waals surface area contributed by atoms with Crippen molar-refractivity contribution in [3.63, 3.8) is 0 Å². The maximum atomic E-state index is 5.61. The number of thiocarbonyl (C=S) groups is 1. The van der Waals surface area contributed by atoms with Crippen LogP contribution in [0.1, 0.15) is 12.8 Å². The highest BCUT2D eigenvalue weighted by Crippen LogP contribution is 2.13. The molecule has 0 bridgehead atoms. The second-order valence-corrected chi connectivity index (χ2v) is 5.02. The highest BCUT2D eigenvalue weighted by Gasteiger charge is 2.06. The first kappa shape index (κ1) is 16.9. The predicted octanol–water partition coefficient (Wildman–Crippen LogP) is 2.22. The summed E-state index contributed by atoms with van der Waals surface area (Å²) in [5.74, 6) is 0. The molecule has 5 heteroatoms. The van der Waals surface area contributed by atoms with Crippen molar-refractivity contribution >= 4 is 22.9 Å². The number of para-hydroxylation sites is 1. The van der Waals surface area contributed by atoms with E-state index in [1.807, 2.05) is 18.2 Å². The van der Waals surface area contributed by atoms with Gasteiger partial charge >= 0.3 is 0 Å². The maximum absolute atomic E-state index is 5.61. The summed E-state index contributed by atoms with van der Waals surface area (Å²) in [4.78, 5) is 2.79. The van der Waals surface area contributed by atoms with Crippen molar-refractivity contribution < 1.29 is 9.47 Å². The molecule has 0 fully saturated rings. The number of ether oxygens (including phenoxy) is 2. The van der Waals surface area contributed by atoms with Crippen molar-refractivity contribution in [2.45, 2.75) is 12.8 Å². The van der Waals surface area contributed by atoms with E-state index in [9.17, 15) is 0 Å². The average Bonchev–Trinajstić information content (AvgIpc) is 2.46. The van der Waals surface area contributed by atoms with Crippen LogP contribution < -0.4 is 10.6 Å². The molecular formula is C15H24N2O2S. The zero-order valence-electron chi connectivity index (χ0n) is 12.1. The molecule has 0 aliphatic heterocycles. The Bertz CT molecular complexity index is 373. The summed E-state index contributed by atoms with van der Waals surface area (Å²) < 4.78 is 10.6. The third kappa shape index (κ3) is 7.43. The molecule has 0 aliphatic carbocycles. The first-order valence-corrected chi connectivity index (χ1v) is 7.30. The van der Waals surface area contributed by atoms with E-state index in [1.54, 1.807) is 7.11 Å². The van der Waals surface area contributed by atoms with Crippen LogP contribution in [-0.4, -0.2) is 45.0 Å². The summed E-state index contributed by atoms with van der Waals surface area (Å²) in [6.45, 7) is 3.81. The van der Waals surface area contributed by atoms with Gasteiger partial charge in [0.05, 0.1) is 11.6 Å². The minimum atomic E-state index is 0.548. The van der Waals surface area contributed by atoms with Gasteiger partial charge < -0.3 is 20.1 Å². The number of anilines is 1. The molecule has 0 saturated carbocycles. The van der Waals surface area contributed by atoms with E-state index in [4.69, 9.17) is 27.4 Å². The minimum absolute atomic E-state index is 0.548. The number of benzene rings is 1. The van der Waals surface area contributed by atoms with Gasteiger partial charge in [0.15, 0.2) is 0 Å². The first-order valence-electron chi connectivity index (χ1n) is 6.89. The highest BCUT2D eigenvalue weighted by molar-refractivity contribution is 7.80. The number of nitrogens with two attached hydrogens (primary N) is 1. The normalized spacial score (nSPS) is 10.4. The molecule has 1 aromatic carbocycles. The lowest BCUT2D eigenvalue weighted by molar-refractivity contribution is 0.107. The van der Waals surface area contributed by atoms with Gasteiger partial charge in [-0.05, 0) is 18.6 Å². The van der Waals surface area contributed by atoms with Crippen LogP contribution in [0.2, 0.25) is 0 Å². The molecule has 0 aromatic heterocycles. The molecule has 20 heavy (non-hydrogen) atoms. The van der Waals surface area contributed by atoms with Crippen LogP contribution in [0.3, 0.4) is 0 Å². The largest absolute Gasteiger partial charge is 0.393 e. The Labute approximate surface area is 126 Å². The fourth-order valence-corrected chi connectivity index (χ4v) is 1.93. The monoisotopic (exact) mass is 296 g/mol. The van der Waals surface area contributed by atoms with E-state index in [2.05, 4.69) is 17.0 Å². The molecule has 1 aromatic rings. The van der Waals surface area contributed by atoms with E-state index >= 15 is 0 Å². The summed E-state index contributed by atoms with van der Waals surface area (Å²) in [5, 5.41) is 0. The predicted molar refractivity (Wildman–Crippen MR) is 87.4 cm³/mol. The lowest BCUT2D eigenvalue weighted by Crippen LogP contribution is -2.31. The lowest BCUT2D eigenvalue weighted by atomic mass is 10.2. The van der Waals surface area contributed by atoms with Crippen LogP contribution in [0.4, 0.5) is 5.69 Å². The topological polar surface area (TPSA) is 47.7 Å². The van der Waals surface area contributed by atoms with Crippen LogP contribution in [0.25, 0.3) is 0 Å². The number of nitrogens with zero attached hydrogens (tertiary/aromatic N) is 1. The van der Waals surface area contributed by atoms with Gasteiger partial charge in [-0.15, -0.1) is 0 Å². The van der Waals surface area contributed by atoms with E-state index < -0.39 is 0 Å². The van der Waals surface area contributed by atoms with E-state index in [0.29, 0.717) is 18.0 Å². The molecule has 0 saturated heterocycles. The Kier molecular flexibility index (Phi) is 8.95. The van der Waals surface area contributed by atoms with Gasteiger partial charge in [0, 0.05) is 45.5 Å². The van der Waals surface area contributed by atoms with Crippen LogP contribution in [0, 0.1) is 0 Å². The molecule has 0 heterocycles. The average molecular weight is 296 g/mol. The molecule has 112 valence electrons. The van der Waals surface area contributed by atoms with Crippen LogP contribution >= 0.6 is 12.2 Å². The van der Waals surface area contributed by atoms with Gasteiger partial charge in [-0.25, -0.2) is 0 Å². The third-order valence-corrected chi connectivity index (χ3v) is 3.10. The molecule has 0 atom stereocenters. The smallest absolute Gasteiger partial charge is 0.0745 e. The summed E-state index contributed by atoms with van der Waals surface area (Å²) in [6, 6.07) is 10.2. The Morgan fingerprint density at radius 1 is 1.15 bits per heavy atom. The standard InChI is InChI=1S/C15H24N2O2S/c1-18-11-5-12-19-13-10-17(9-8-15(16)20)14-6-3-2-4-7-14/h2-4,6-7H,5,8-13H2,1H3,(H2,16,20). The van der Waals surface area contributed by atoms with Crippen molar-refractivity contribution in [1.29, 1.82) is 0 Å². The second kappa shape index (κ2) is 10.6. The molecule has 0 spiro atoms. The van der Waals surface area contributed by atoms with Crippen molar-refractivity contribution in [2.75, 3.05) is 44.9 Å². The van der Waals surface area contributed by atoms with Crippen molar-refractivity contribution in [2.24, 2.45) is 5.73 Å². The minimum Gasteiger partial charge on any atom is -0.393 e. The number of hydrogen-bond donors (Lipinski definition) is 1. The van der Waals surface area contributed by atoms with Gasteiger partial charge in [-0.1, -0.05) is 30.4 Å². The molecule has 1 rings (SSSR count). The Morgan fingerprint density at radius 3 is 2.55 bits per heavy atom. The van der Waals surface area contributed by atoms with Gasteiger partial charge in [-0.2, -0.15) is 0 Å². The van der Waals surface area contributed by atoms with Gasteiger partial charge in [-0.3, -0.25) is 0 Å². The van der Waals surface area contributed by atoms with E-state index in [-0.39, 0.29) is 0 Å². The summed E-state index contributed by atoms with van der Waals surface area (Å²) in [5.41, 5.74) is 6.76. The fourth-order valence-electron chi connectivity index (χ4n) is 1.84. The summed E-state index contributed by atoms with van der Waals surface area (Å²) in [7, 11) is 1.70. The Morgan fingerprint density at radius 2 is 1.90 bits per heavy atom. The first-order chi connectivity index (χ1) is 9.74. The quantitative estimate of drug-likeness (QED) is 0.501. The zero-order chi connectivity index (χ0) is 14.6. The fraction of sp³-hybridized carbons (Fsp3) is 0.533. The number of hydrogen-bond acceptors (Lipinski definition) is 4. The SMILES string of the molecule is COCCCOCCN(CCC(N)=S)c1ccccc1. The van der Waals surface area contributed by atoms with E-state index in [0.717, 1.165) is 32.7 Å². The second-order valence-electron chi connectivity index (χ2n) is 4.50. The maximum Gasteiger partial charge on any atom is 0.0745 e. The molecule has 2 N–H and O–H groups in total. The number of rotatable bonds is 11. The molecule has 0 aliphatic rings. The number of methoxy groups -OCH3 is 1. The van der Waals surface area contributed by atoms with Gasteiger partial charge in [0.1, 0.15) is 0 Å². The molecule has 4 nitrogen and oxygen atoms in total. The highest BCUT2D eigenvalue weighted by atomic mass is 32.1. The van der Waals surface area contributed by atoms with Gasteiger partial charge in [0.2, 0.25) is 0 Å². The lowest BCUT2D eigenvalue weighted by Gasteiger charge is -2.24. The Balaban J connectivity index is 2.37. The summed E-state index contributed by atoms with van der Waals surface area (Å²) in [6.07, 6.45) is 1.64. The van der Waals surface area contributed by atoms with Crippen molar-refractivity contribution in [3.05, 3.63) is 30.3 Å². The molecule has 0 amide bonds. The third-order valence-electron chi connectivity index (χ3n) is 2.89. The van der Waals surface area contributed by atoms with Crippen LogP contribution in [-0.2, 0) is 9.47 Å². The molecule has 0 unspecified atom stereocenters. The molecular weight excluding hydrogens is 272 g/mol. The zero-order valence-corrected chi connectivity index (χ0v) is 12.9. The van der Waals surface area contributed by atoms with Gasteiger partial charge in [0.25, 0.3) is 0 Å².